The van der Waals surface area contributed by atoms with Gasteiger partial charge in [0.1, 0.15) is 11.3 Å². The van der Waals surface area contributed by atoms with Gasteiger partial charge in [-0.3, -0.25) is 4.79 Å². The zero-order valence-electron chi connectivity index (χ0n) is 13.5. The summed E-state index contributed by atoms with van der Waals surface area (Å²) in [6.45, 7) is 2.00. The molecule has 0 spiro atoms. The van der Waals surface area contributed by atoms with Crippen LogP contribution in [-0.4, -0.2) is 17.9 Å². The van der Waals surface area contributed by atoms with Crippen molar-refractivity contribution >= 4 is 16.9 Å². The minimum absolute atomic E-state index is 0.0781. The van der Waals surface area contributed by atoms with Crippen LogP contribution in [0.25, 0.3) is 11.0 Å². The van der Waals surface area contributed by atoms with Crippen LogP contribution in [0.15, 0.2) is 65.1 Å². The van der Waals surface area contributed by atoms with E-state index in [1.807, 2.05) is 62.5 Å². The second kappa shape index (κ2) is 6.69. The van der Waals surface area contributed by atoms with Crippen molar-refractivity contribution in [2.75, 3.05) is 7.05 Å². The quantitative estimate of drug-likeness (QED) is 0.691. The van der Waals surface area contributed by atoms with Crippen LogP contribution >= 0.6 is 0 Å². The van der Waals surface area contributed by atoms with E-state index in [9.17, 15) is 4.79 Å². The number of fused-ring (bicyclic) bond motifs is 1. The van der Waals surface area contributed by atoms with E-state index < -0.39 is 0 Å². The molecule has 3 aromatic rings. The highest BCUT2D eigenvalue weighted by Gasteiger charge is 2.20. The van der Waals surface area contributed by atoms with Crippen molar-refractivity contribution in [2.24, 2.45) is 0 Å². The van der Waals surface area contributed by atoms with Crippen molar-refractivity contribution in [2.45, 2.75) is 25.8 Å². The minimum Gasteiger partial charge on any atom is -0.459 e. The Kier molecular flexibility index (Phi) is 4.47. The van der Waals surface area contributed by atoms with Gasteiger partial charge in [-0.1, -0.05) is 48.5 Å². The molecule has 3 heteroatoms. The van der Waals surface area contributed by atoms with E-state index in [0.717, 1.165) is 23.2 Å². The topological polar surface area (TPSA) is 33.5 Å². The molecule has 0 radical (unpaired) electrons. The molecule has 0 saturated carbocycles. The third-order valence-corrected chi connectivity index (χ3v) is 4.30. The zero-order chi connectivity index (χ0) is 16.2. The van der Waals surface area contributed by atoms with Gasteiger partial charge in [0.2, 0.25) is 5.91 Å². The normalized spacial score (nSPS) is 12.3. The fourth-order valence-corrected chi connectivity index (χ4v) is 2.69. The van der Waals surface area contributed by atoms with Crippen LogP contribution in [0.1, 0.15) is 30.7 Å². The molecule has 1 unspecified atom stereocenters. The monoisotopic (exact) mass is 307 g/mol. The maximum atomic E-state index is 12.4. The second-order valence-corrected chi connectivity index (χ2v) is 5.85. The van der Waals surface area contributed by atoms with Crippen molar-refractivity contribution in [3.8, 4) is 0 Å². The first-order chi connectivity index (χ1) is 11.1. The average Bonchev–Trinajstić information content (AvgIpc) is 3.03. The number of aryl methyl sites for hydroxylation is 1. The molecule has 1 amide bonds. The van der Waals surface area contributed by atoms with Gasteiger partial charge < -0.3 is 9.32 Å². The Morgan fingerprint density at radius 1 is 1.09 bits per heavy atom. The van der Waals surface area contributed by atoms with Gasteiger partial charge in [-0.05, 0) is 31.0 Å². The van der Waals surface area contributed by atoms with E-state index in [0.29, 0.717) is 6.42 Å². The van der Waals surface area contributed by atoms with Crippen LogP contribution in [0.2, 0.25) is 0 Å². The summed E-state index contributed by atoms with van der Waals surface area (Å²) in [5.74, 6) is 0.948. The maximum absolute atomic E-state index is 12.4. The molecule has 0 fully saturated rings. The first kappa shape index (κ1) is 15.3. The predicted molar refractivity (Wildman–Crippen MR) is 92.2 cm³/mol. The lowest BCUT2D eigenvalue weighted by Crippen LogP contribution is -2.29. The van der Waals surface area contributed by atoms with Gasteiger partial charge in [0, 0.05) is 18.9 Å². The van der Waals surface area contributed by atoms with Crippen LogP contribution in [0, 0.1) is 0 Å². The molecule has 1 heterocycles. The lowest BCUT2D eigenvalue weighted by atomic mass is 10.1. The lowest BCUT2D eigenvalue weighted by Gasteiger charge is -2.23. The summed E-state index contributed by atoms with van der Waals surface area (Å²) in [5, 5.41) is 1.07. The number of amides is 1. The number of carbonyl (C=O) groups is 1. The Balaban J connectivity index is 1.66. The van der Waals surface area contributed by atoms with Gasteiger partial charge in [0.15, 0.2) is 0 Å². The molecule has 0 saturated heterocycles. The van der Waals surface area contributed by atoms with Crippen molar-refractivity contribution in [1.82, 2.24) is 4.90 Å². The average molecular weight is 307 g/mol. The highest BCUT2D eigenvalue weighted by molar-refractivity contribution is 5.79. The molecular weight excluding hydrogens is 286 g/mol. The Labute approximate surface area is 136 Å². The molecule has 3 nitrogen and oxygen atoms in total. The zero-order valence-corrected chi connectivity index (χ0v) is 13.5. The number of para-hydroxylation sites is 1. The van der Waals surface area contributed by atoms with Crippen molar-refractivity contribution in [1.29, 1.82) is 0 Å². The Bertz CT molecular complexity index is 759. The third-order valence-electron chi connectivity index (χ3n) is 4.30. The van der Waals surface area contributed by atoms with Crippen LogP contribution < -0.4 is 0 Å². The van der Waals surface area contributed by atoms with Crippen molar-refractivity contribution in [3.05, 3.63) is 72.0 Å². The van der Waals surface area contributed by atoms with E-state index in [1.54, 1.807) is 4.90 Å². The molecule has 0 bridgehead atoms. The van der Waals surface area contributed by atoms with Gasteiger partial charge in [0.25, 0.3) is 0 Å². The van der Waals surface area contributed by atoms with Crippen molar-refractivity contribution in [3.63, 3.8) is 0 Å². The van der Waals surface area contributed by atoms with Crippen molar-refractivity contribution < 1.29 is 9.21 Å². The molecule has 0 N–H and O–H groups in total. The number of nitrogens with zero attached hydrogens (tertiary/aromatic N) is 1. The molecule has 1 aromatic heterocycles. The van der Waals surface area contributed by atoms with Crippen LogP contribution in [0.4, 0.5) is 0 Å². The smallest absolute Gasteiger partial charge is 0.223 e. The van der Waals surface area contributed by atoms with Crippen LogP contribution in [-0.2, 0) is 11.2 Å². The lowest BCUT2D eigenvalue weighted by molar-refractivity contribution is -0.132. The summed E-state index contributed by atoms with van der Waals surface area (Å²) in [5.41, 5.74) is 2.05. The molecule has 3 rings (SSSR count). The van der Waals surface area contributed by atoms with E-state index in [2.05, 4.69) is 12.1 Å². The highest BCUT2D eigenvalue weighted by atomic mass is 16.3. The number of furan rings is 1. The summed E-state index contributed by atoms with van der Waals surface area (Å²) in [6, 6.07) is 19.9. The summed E-state index contributed by atoms with van der Waals surface area (Å²) in [7, 11) is 1.84. The molecule has 2 aromatic carbocycles. The Morgan fingerprint density at radius 2 is 1.78 bits per heavy atom. The van der Waals surface area contributed by atoms with Crippen LogP contribution in [0.3, 0.4) is 0 Å². The predicted octanol–water partition coefficient (Wildman–Crippen LogP) is 4.59. The third kappa shape index (κ3) is 3.45. The van der Waals surface area contributed by atoms with E-state index in [1.165, 1.54) is 5.56 Å². The number of hydrogen-bond donors (Lipinski definition) is 0. The summed E-state index contributed by atoms with van der Waals surface area (Å²) in [6.07, 6.45) is 1.27. The van der Waals surface area contributed by atoms with Gasteiger partial charge >= 0.3 is 0 Å². The fourth-order valence-electron chi connectivity index (χ4n) is 2.69. The minimum atomic E-state index is -0.0781. The van der Waals surface area contributed by atoms with Gasteiger partial charge in [-0.25, -0.2) is 0 Å². The van der Waals surface area contributed by atoms with Gasteiger partial charge in [-0.15, -0.1) is 0 Å². The summed E-state index contributed by atoms with van der Waals surface area (Å²) < 4.78 is 5.87. The SMILES string of the molecule is CC(c1cc2ccccc2o1)N(C)C(=O)CCc1ccccc1. The molecule has 23 heavy (non-hydrogen) atoms. The second-order valence-electron chi connectivity index (χ2n) is 5.85. The fraction of sp³-hybridized carbons (Fsp3) is 0.250. The molecule has 118 valence electrons. The Hall–Kier alpha value is -2.55. The van der Waals surface area contributed by atoms with E-state index >= 15 is 0 Å². The van der Waals surface area contributed by atoms with Gasteiger partial charge in [-0.2, -0.15) is 0 Å². The summed E-state index contributed by atoms with van der Waals surface area (Å²) in [4.78, 5) is 14.2. The highest BCUT2D eigenvalue weighted by Crippen LogP contribution is 2.27. The molecule has 0 aliphatic carbocycles. The Morgan fingerprint density at radius 3 is 2.52 bits per heavy atom. The standard InChI is InChI=1S/C20H21NO2/c1-15(19-14-17-10-6-7-11-18(17)23-19)21(2)20(22)13-12-16-8-4-3-5-9-16/h3-11,14-15H,12-13H2,1-2H3. The van der Waals surface area contributed by atoms with E-state index in [-0.39, 0.29) is 11.9 Å². The molecule has 1 atom stereocenters. The van der Waals surface area contributed by atoms with Crippen LogP contribution in [0.5, 0.6) is 0 Å². The molecular formula is C20H21NO2. The number of carbonyl (C=O) groups excluding carboxylic acids is 1. The molecule has 0 aliphatic rings. The first-order valence-corrected chi connectivity index (χ1v) is 7.93. The largest absolute Gasteiger partial charge is 0.459 e. The summed E-state index contributed by atoms with van der Waals surface area (Å²) >= 11 is 0. The number of benzene rings is 2. The number of hydrogen-bond acceptors (Lipinski definition) is 2. The molecule has 0 aliphatic heterocycles. The number of rotatable bonds is 5. The van der Waals surface area contributed by atoms with Gasteiger partial charge in [0.05, 0.1) is 6.04 Å². The maximum Gasteiger partial charge on any atom is 0.223 e. The first-order valence-electron chi connectivity index (χ1n) is 7.93. The van der Waals surface area contributed by atoms with E-state index in [4.69, 9.17) is 4.42 Å².